The summed E-state index contributed by atoms with van der Waals surface area (Å²) in [4.78, 5) is 0. The van der Waals surface area contributed by atoms with Gasteiger partial charge in [-0.05, 0) is 19.9 Å². The van der Waals surface area contributed by atoms with Crippen LogP contribution in [0.2, 0.25) is 0 Å². The van der Waals surface area contributed by atoms with Crippen molar-refractivity contribution in [3.05, 3.63) is 65.1 Å². The highest BCUT2D eigenvalue weighted by molar-refractivity contribution is 6.07. The fourth-order valence-corrected chi connectivity index (χ4v) is 3.47. The standard InChI is InChI=1S/C20H15F2N3O3/c1-10-19(11(2)28-24-10)20-13(9-23-27)12-5-3-4-6-16(12)25(20)17-7-15(22)18(26)8-14(17)21/h3-9,26-27H,1-2H3/b23-9+. The molecular weight excluding hydrogens is 368 g/mol. The first kappa shape index (κ1) is 17.7. The van der Waals surface area contributed by atoms with Gasteiger partial charge in [0.25, 0.3) is 0 Å². The van der Waals surface area contributed by atoms with Crippen LogP contribution in [0.1, 0.15) is 17.0 Å². The van der Waals surface area contributed by atoms with Crippen LogP contribution in [-0.2, 0) is 0 Å². The number of phenols is 1. The molecule has 0 unspecified atom stereocenters. The molecule has 0 aliphatic rings. The van der Waals surface area contributed by atoms with E-state index < -0.39 is 17.4 Å². The average molecular weight is 383 g/mol. The number of aromatic nitrogens is 2. The number of aryl methyl sites for hydroxylation is 2. The molecule has 4 aromatic rings. The highest BCUT2D eigenvalue weighted by atomic mass is 19.1. The third-order valence-corrected chi connectivity index (χ3v) is 4.63. The minimum Gasteiger partial charge on any atom is -0.505 e. The van der Waals surface area contributed by atoms with E-state index in [1.165, 1.54) is 10.8 Å². The van der Waals surface area contributed by atoms with Crippen LogP contribution in [0.3, 0.4) is 0 Å². The Kier molecular flexibility index (Phi) is 4.11. The Hall–Kier alpha value is -3.68. The second-order valence-electron chi connectivity index (χ2n) is 6.31. The summed E-state index contributed by atoms with van der Waals surface area (Å²) in [5.41, 5.74) is 2.46. The van der Waals surface area contributed by atoms with E-state index in [2.05, 4.69) is 10.3 Å². The molecule has 0 aliphatic carbocycles. The van der Waals surface area contributed by atoms with Gasteiger partial charge in [-0.25, -0.2) is 8.78 Å². The summed E-state index contributed by atoms with van der Waals surface area (Å²) < 4.78 is 35.7. The number of oxime groups is 1. The van der Waals surface area contributed by atoms with Gasteiger partial charge in [0.1, 0.15) is 5.76 Å². The van der Waals surface area contributed by atoms with E-state index in [0.29, 0.717) is 39.2 Å². The quantitative estimate of drug-likeness (QED) is 0.305. The van der Waals surface area contributed by atoms with Crippen molar-refractivity contribution in [3.63, 3.8) is 0 Å². The molecule has 0 spiro atoms. The Bertz CT molecular complexity index is 1220. The third-order valence-electron chi connectivity index (χ3n) is 4.63. The monoisotopic (exact) mass is 383 g/mol. The molecule has 0 atom stereocenters. The van der Waals surface area contributed by atoms with Crippen LogP contribution in [0.15, 0.2) is 46.1 Å². The van der Waals surface area contributed by atoms with Crippen LogP contribution in [0.25, 0.3) is 27.8 Å². The molecule has 0 amide bonds. The van der Waals surface area contributed by atoms with Crippen molar-refractivity contribution in [2.75, 3.05) is 0 Å². The molecule has 0 fully saturated rings. The molecule has 2 heterocycles. The number of phenolic OH excluding ortho intramolecular Hbond substituents is 1. The maximum absolute atomic E-state index is 14.8. The SMILES string of the molecule is Cc1noc(C)c1-c1c(/C=N/O)c2ccccc2n1-c1cc(F)c(O)cc1F. The number of halogens is 2. The van der Waals surface area contributed by atoms with E-state index in [-0.39, 0.29) is 5.69 Å². The van der Waals surface area contributed by atoms with E-state index >= 15 is 0 Å². The van der Waals surface area contributed by atoms with E-state index in [1.807, 2.05) is 0 Å². The Morgan fingerprint density at radius 1 is 1.14 bits per heavy atom. The van der Waals surface area contributed by atoms with Crippen molar-refractivity contribution in [2.45, 2.75) is 13.8 Å². The van der Waals surface area contributed by atoms with Gasteiger partial charge in [0, 0.05) is 23.1 Å². The van der Waals surface area contributed by atoms with E-state index in [1.54, 1.807) is 38.1 Å². The van der Waals surface area contributed by atoms with Crippen molar-refractivity contribution in [1.29, 1.82) is 0 Å². The van der Waals surface area contributed by atoms with Crippen LogP contribution >= 0.6 is 0 Å². The molecule has 0 saturated heterocycles. The lowest BCUT2D eigenvalue weighted by Crippen LogP contribution is -2.03. The maximum atomic E-state index is 14.8. The molecule has 6 nitrogen and oxygen atoms in total. The van der Waals surface area contributed by atoms with Gasteiger partial charge in [0.2, 0.25) is 0 Å². The van der Waals surface area contributed by atoms with Gasteiger partial charge < -0.3 is 19.4 Å². The molecule has 4 rings (SSSR count). The Labute approximate surface area is 157 Å². The summed E-state index contributed by atoms with van der Waals surface area (Å²) in [7, 11) is 0. The normalized spacial score (nSPS) is 11.7. The molecule has 2 N–H and O–H groups in total. The number of aromatic hydroxyl groups is 1. The Morgan fingerprint density at radius 3 is 2.57 bits per heavy atom. The minimum atomic E-state index is -0.962. The van der Waals surface area contributed by atoms with Crippen LogP contribution in [0.4, 0.5) is 8.78 Å². The highest BCUT2D eigenvalue weighted by Crippen LogP contribution is 2.39. The van der Waals surface area contributed by atoms with Crippen LogP contribution in [0.5, 0.6) is 5.75 Å². The zero-order chi connectivity index (χ0) is 20.0. The second kappa shape index (κ2) is 6.49. The molecule has 2 aromatic heterocycles. The van der Waals surface area contributed by atoms with Crippen LogP contribution < -0.4 is 0 Å². The Morgan fingerprint density at radius 2 is 1.89 bits per heavy atom. The summed E-state index contributed by atoms with van der Waals surface area (Å²) in [5, 5.41) is 26.5. The van der Waals surface area contributed by atoms with Gasteiger partial charge in [0.15, 0.2) is 17.4 Å². The van der Waals surface area contributed by atoms with Crippen molar-refractivity contribution < 1.29 is 23.6 Å². The predicted octanol–water partition coefficient (Wildman–Crippen LogP) is 4.69. The van der Waals surface area contributed by atoms with Crippen LogP contribution in [-0.4, -0.2) is 26.3 Å². The Balaban J connectivity index is 2.23. The number of benzene rings is 2. The van der Waals surface area contributed by atoms with Crippen molar-refractivity contribution in [2.24, 2.45) is 5.16 Å². The van der Waals surface area contributed by atoms with Crippen LogP contribution in [0, 0.1) is 25.5 Å². The van der Waals surface area contributed by atoms with Gasteiger partial charge in [-0.1, -0.05) is 28.5 Å². The smallest absolute Gasteiger partial charge is 0.167 e. The molecular formula is C20H15F2N3O3. The minimum absolute atomic E-state index is 0.112. The van der Waals surface area contributed by atoms with Crippen molar-refractivity contribution >= 4 is 17.1 Å². The largest absolute Gasteiger partial charge is 0.505 e. The van der Waals surface area contributed by atoms with E-state index in [0.717, 1.165) is 12.1 Å². The van der Waals surface area contributed by atoms with Crippen molar-refractivity contribution in [1.82, 2.24) is 9.72 Å². The van der Waals surface area contributed by atoms with Gasteiger partial charge in [-0.15, -0.1) is 0 Å². The lowest BCUT2D eigenvalue weighted by molar-refractivity contribution is 0.322. The summed E-state index contributed by atoms with van der Waals surface area (Å²) >= 11 is 0. The molecule has 0 radical (unpaired) electrons. The maximum Gasteiger partial charge on any atom is 0.167 e. The fourth-order valence-electron chi connectivity index (χ4n) is 3.47. The first-order valence-electron chi connectivity index (χ1n) is 8.36. The molecule has 0 bridgehead atoms. The second-order valence-corrected chi connectivity index (χ2v) is 6.31. The van der Waals surface area contributed by atoms with E-state index in [4.69, 9.17) is 4.52 Å². The van der Waals surface area contributed by atoms with Gasteiger partial charge in [0.05, 0.1) is 34.4 Å². The lowest BCUT2D eigenvalue weighted by atomic mass is 10.0. The number of nitrogens with zero attached hydrogens (tertiary/aromatic N) is 3. The summed E-state index contributed by atoms with van der Waals surface area (Å²) in [5.74, 6) is -2.10. The molecule has 8 heteroatoms. The third kappa shape index (κ3) is 2.53. The number of hydrogen-bond acceptors (Lipinski definition) is 5. The highest BCUT2D eigenvalue weighted by Gasteiger charge is 2.26. The topological polar surface area (TPSA) is 83.8 Å². The molecule has 0 saturated carbocycles. The lowest BCUT2D eigenvalue weighted by Gasteiger charge is -2.13. The molecule has 0 aliphatic heterocycles. The first-order valence-corrected chi connectivity index (χ1v) is 8.36. The summed E-state index contributed by atoms with van der Waals surface area (Å²) in [6.45, 7) is 3.42. The van der Waals surface area contributed by atoms with E-state index in [9.17, 15) is 19.1 Å². The first-order chi connectivity index (χ1) is 13.4. The predicted molar refractivity (Wildman–Crippen MR) is 99.2 cm³/mol. The average Bonchev–Trinajstić information content (AvgIpc) is 3.16. The van der Waals surface area contributed by atoms with Crippen molar-refractivity contribution in [3.8, 4) is 22.7 Å². The molecule has 2 aromatic carbocycles. The zero-order valence-electron chi connectivity index (χ0n) is 14.9. The van der Waals surface area contributed by atoms with Gasteiger partial charge in [-0.3, -0.25) is 0 Å². The summed E-state index contributed by atoms with van der Waals surface area (Å²) in [6.07, 6.45) is 1.23. The number of hydrogen-bond donors (Lipinski definition) is 2. The van der Waals surface area contributed by atoms with Gasteiger partial charge in [-0.2, -0.15) is 0 Å². The summed E-state index contributed by atoms with van der Waals surface area (Å²) in [6, 6.07) is 8.68. The number of para-hydroxylation sites is 1. The van der Waals surface area contributed by atoms with Gasteiger partial charge >= 0.3 is 0 Å². The number of rotatable bonds is 3. The fraction of sp³-hybridized carbons (Fsp3) is 0.100. The number of fused-ring (bicyclic) bond motifs is 1. The molecule has 28 heavy (non-hydrogen) atoms. The zero-order valence-corrected chi connectivity index (χ0v) is 14.9. The molecule has 142 valence electrons.